The fraction of sp³-hybridized carbons (Fsp3) is 0.0769. The molecule has 0 saturated carbocycles. The number of rotatable bonds is 3. The largest absolute Gasteiger partial charge is 0.508 e. The molecule has 0 bridgehead atoms. The Kier molecular flexibility index (Phi) is 3.51. The van der Waals surface area contributed by atoms with Crippen molar-refractivity contribution in [2.24, 2.45) is 0 Å². The van der Waals surface area contributed by atoms with Crippen LogP contribution in [0, 0.1) is 0 Å². The third-order valence-electron chi connectivity index (χ3n) is 2.48. The number of H-pyrrole nitrogens is 1. The fourth-order valence-corrected chi connectivity index (χ4v) is 1.56. The maximum absolute atomic E-state index is 11.8. The number of pyridine rings is 1. The molecule has 1 aromatic carbocycles. The molecule has 0 aliphatic carbocycles. The van der Waals surface area contributed by atoms with Crippen molar-refractivity contribution in [3.8, 4) is 11.6 Å². The lowest BCUT2D eigenvalue weighted by atomic mass is 10.2. The average Bonchev–Trinajstić information content (AvgIpc) is 2.36. The first kappa shape index (κ1) is 12.7. The van der Waals surface area contributed by atoms with Crippen molar-refractivity contribution in [3.05, 3.63) is 57.9 Å². The predicted octanol–water partition coefficient (Wildman–Crippen LogP) is 0.716. The number of phenolic OH excluding ortho intramolecular Hbond substituents is 1. The lowest BCUT2D eigenvalue weighted by Crippen LogP contribution is -2.24. The lowest BCUT2D eigenvalue weighted by molar-refractivity contribution is 0.0950. The lowest BCUT2D eigenvalue weighted by Gasteiger charge is -2.05. The SMILES string of the molecule is O=C(NCc1ccc(O)cc1)c1cc(O)[nH]c(=O)c1. The summed E-state index contributed by atoms with van der Waals surface area (Å²) in [5.41, 5.74) is 0.343. The van der Waals surface area contributed by atoms with Gasteiger partial charge in [0.1, 0.15) is 5.75 Å². The van der Waals surface area contributed by atoms with Crippen LogP contribution in [0.1, 0.15) is 15.9 Å². The van der Waals surface area contributed by atoms with Crippen molar-refractivity contribution in [3.63, 3.8) is 0 Å². The van der Waals surface area contributed by atoms with Gasteiger partial charge in [0.15, 0.2) is 5.88 Å². The summed E-state index contributed by atoms with van der Waals surface area (Å²) in [6.07, 6.45) is 0. The van der Waals surface area contributed by atoms with Crippen LogP contribution in [-0.2, 0) is 6.54 Å². The van der Waals surface area contributed by atoms with E-state index in [-0.39, 0.29) is 23.7 Å². The first-order valence-corrected chi connectivity index (χ1v) is 5.54. The van der Waals surface area contributed by atoms with Crippen molar-refractivity contribution in [2.45, 2.75) is 6.54 Å². The second kappa shape index (κ2) is 5.26. The van der Waals surface area contributed by atoms with E-state index < -0.39 is 11.5 Å². The fourth-order valence-electron chi connectivity index (χ4n) is 1.56. The number of amides is 1. The number of carbonyl (C=O) groups excluding carboxylic acids is 1. The van der Waals surface area contributed by atoms with Gasteiger partial charge in [-0.3, -0.25) is 14.6 Å². The summed E-state index contributed by atoms with van der Waals surface area (Å²) in [4.78, 5) is 25.0. The van der Waals surface area contributed by atoms with Crippen molar-refractivity contribution in [2.75, 3.05) is 0 Å². The van der Waals surface area contributed by atoms with Gasteiger partial charge >= 0.3 is 0 Å². The molecule has 0 unspecified atom stereocenters. The molecule has 0 saturated heterocycles. The third kappa shape index (κ3) is 3.35. The van der Waals surface area contributed by atoms with E-state index in [9.17, 15) is 14.7 Å². The van der Waals surface area contributed by atoms with Crippen LogP contribution >= 0.6 is 0 Å². The Morgan fingerprint density at radius 2 is 1.84 bits per heavy atom. The van der Waals surface area contributed by atoms with Gasteiger partial charge < -0.3 is 15.5 Å². The van der Waals surface area contributed by atoms with Crippen LogP contribution in [0.5, 0.6) is 11.6 Å². The summed E-state index contributed by atoms with van der Waals surface area (Å²) in [7, 11) is 0. The summed E-state index contributed by atoms with van der Waals surface area (Å²) in [5, 5.41) is 20.9. The molecule has 2 rings (SSSR count). The summed E-state index contributed by atoms with van der Waals surface area (Å²) in [6.45, 7) is 0.257. The molecular weight excluding hydrogens is 248 g/mol. The van der Waals surface area contributed by atoms with Gasteiger partial charge in [0.25, 0.3) is 11.5 Å². The number of benzene rings is 1. The zero-order valence-corrected chi connectivity index (χ0v) is 9.88. The molecular formula is C13H12N2O4. The van der Waals surface area contributed by atoms with Crippen LogP contribution in [0.4, 0.5) is 0 Å². The Morgan fingerprint density at radius 3 is 2.47 bits per heavy atom. The maximum atomic E-state index is 11.8. The Balaban J connectivity index is 2.05. The predicted molar refractivity (Wildman–Crippen MR) is 68.0 cm³/mol. The molecule has 0 aliphatic heterocycles. The van der Waals surface area contributed by atoms with Crippen molar-refractivity contribution >= 4 is 5.91 Å². The molecule has 19 heavy (non-hydrogen) atoms. The quantitative estimate of drug-likeness (QED) is 0.652. The highest BCUT2D eigenvalue weighted by Gasteiger charge is 2.07. The van der Waals surface area contributed by atoms with E-state index in [0.717, 1.165) is 11.6 Å². The molecule has 4 N–H and O–H groups in total. The van der Waals surface area contributed by atoms with Crippen molar-refractivity contribution in [1.29, 1.82) is 0 Å². The molecule has 98 valence electrons. The summed E-state index contributed by atoms with van der Waals surface area (Å²) in [5.74, 6) is -0.675. The van der Waals surface area contributed by atoms with Gasteiger partial charge in [-0.25, -0.2) is 0 Å². The third-order valence-corrected chi connectivity index (χ3v) is 2.48. The van der Waals surface area contributed by atoms with Crippen molar-refractivity contribution in [1.82, 2.24) is 10.3 Å². The Bertz CT molecular complexity index is 646. The number of hydrogen-bond donors (Lipinski definition) is 4. The molecule has 1 heterocycles. The van der Waals surface area contributed by atoms with Gasteiger partial charge in [0.05, 0.1) is 5.56 Å². The number of carbonyl (C=O) groups is 1. The molecule has 0 spiro atoms. The molecule has 0 fully saturated rings. The van der Waals surface area contributed by atoms with E-state index in [2.05, 4.69) is 10.3 Å². The standard InChI is InChI=1S/C13H12N2O4/c16-10-3-1-8(2-4-10)7-14-13(19)9-5-11(17)15-12(18)6-9/h1-6,16H,7H2,(H,14,19)(H2,15,17,18). The van der Waals surface area contributed by atoms with E-state index in [4.69, 9.17) is 5.11 Å². The number of aromatic nitrogens is 1. The minimum Gasteiger partial charge on any atom is -0.508 e. The molecule has 0 aliphatic rings. The van der Waals surface area contributed by atoms with Crippen LogP contribution in [0.2, 0.25) is 0 Å². The second-order valence-electron chi connectivity index (χ2n) is 3.97. The van der Waals surface area contributed by atoms with Crippen LogP contribution in [0.3, 0.4) is 0 Å². The summed E-state index contributed by atoms with van der Waals surface area (Å²) >= 11 is 0. The van der Waals surface area contributed by atoms with E-state index in [1.54, 1.807) is 12.1 Å². The number of hydrogen-bond acceptors (Lipinski definition) is 4. The zero-order valence-electron chi connectivity index (χ0n) is 9.88. The average molecular weight is 260 g/mol. The van der Waals surface area contributed by atoms with Crippen LogP contribution < -0.4 is 10.9 Å². The van der Waals surface area contributed by atoms with Crippen LogP contribution in [-0.4, -0.2) is 21.1 Å². The molecule has 0 atom stereocenters. The number of nitrogens with one attached hydrogen (secondary N) is 2. The Morgan fingerprint density at radius 1 is 1.16 bits per heavy atom. The summed E-state index contributed by atoms with van der Waals surface area (Å²) in [6, 6.07) is 8.65. The smallest absolute Gasteiger partial charge is 0.251 e. The van der Waals surface area contributed by atoms with E-state index in [1.165, 1.54) is 18.2 Å². The van der Waals surface area contributed by atoms with Crippen LogP contribution in [0.25, 0.3) is 0 Å². The molecule has 1 aromatic heterocycles. The van der Waals surface area contributed by atoms with Gasteiger partial charge in [-0.2, -0.15) is 0 Å². The van der Waals surface area contributed by atoms with E-state index in [1.807, 2.05) is 0 Å². The highest BCUT2D eigenvalue weighted by molar-refractivity contribution is 5.94. The first-order chi connectivity index (χ1) is 9.04. The number of phenols is 1. The molecule has 2 aromatic rings. The molecule has 0 radical (unpaired) electrons. The van der Waals surface area contributed by atoms with Crippen molar-refractivity contribution < 1.29 is 15.0 Å². The Labute approximate surface area is 108 Å². The highest BCUT2D eigenvalue weighted by Crippen LogP contribution is 2.09. The van der Waals surface area contributed by atoms with Gasteiger partial charge in [-0.15, -0.1) is 0 Å². The van der Waals surface area contributed by atoms with Gasteiger partial charge in [0.2, 0.25) is 0 Å². The van der Waals surface area contributed by atoms with Gasteiger partial charge in [-0.05, 0) is 17.7 Å². The zero-order chi connectivity index (χ0) is 13.8. The van der Waals surface area contributed by atoms with E-state index >= 15 is 0 Å². The monoisotopic (exact) mass is 260 g/mol. The second-order valence-corrected chi connectivity index (χ2v) is 3.97. The number of aromatic hydroxyl groups is 2. The highest BCUT2D eigenvalue weighted by atomic mass is 16.3. The minimum absolute atomic E-state index is 0.0834. The van der Waals surface area contributed by atoms with E-state index in [0.29, 0.717) is 0 Å². The molecule has 6 nitrogen and oxygen atoms in total. The summed E-state index contributed by atoms with van der Waals surface area (Å²) < 4.78 is 0. The van der Waals surface area contributed by atoms with Gasteiger partial charge in [0, 0.05) is 18.7 Å². The van der Waals surface area contributed by atoms with Gasteiger partial charge in [-0.1, -0.05) is 12.1 Å². The molecule has 1 amide bonds. The maximum Gasteiger partial charge on any atom is 0.251 e. The normalized spacial score (nSPS) is 10.1. The van der Waals surface area contributed by atoms with Crippen LogP contribution in [0.15, 0.2) is 41.2 Å². The Hall–Kier alpha value is -2.76. The minimum atomic E-state index is -0.546. The first-order valence-electron chi connectivity index (χ1n) is 5.54. The molecule has 6 heteroatoms. The topological polar surface area (TPSA) is 102 Å². The number of aromatic amines is 1.